The van der Waals surface area contributed by atoms with Gasteiger partial charge in [-0.2, -0.15) is 0 Å². The van der Waals surface area contributed by atoms with E-state index in [0.29, 0.717) is 11.8 Å². The van der Waals surface area contributed by atoms with Gasteiger partial charge in [-0.1, -0.05) is 20.8 Å². The van der Waals surface area contributed by atoms with E-state index < -0.39 is 9.84 Å². The summed E-state index contributed by atoms with van der Waals surface area (Å²) in [6.07, 6.45) is 0.731. The highest BCUT2D eigenvalue weighted by Gasteiger charge is 2.33. The Morgan fingerprint density at radius 3 is 2.36 bits per heavy atom. The predicted octanol–water partition coefficient (Wildman–Crippen LogP) is 1.20. The molecule has 0 aromatic heterocycles. The summed E-state index contributed by atoms with van der Waals surface area (Å²) in [5.74, 6) is 0.606. The summed E-state index contributed by atoms with van der Waals surface area (Å²) in [5, 5.41) is 3.40. The summed E-state index contributed by atoms with van der Waals surface area (Å²) < 4.78 is 23.3. The molecule has 1 aliphatic rings. The molecule has 0 radical (unpaired) electrons. The van der Waals surface area contributed by atoms with Gasteiger partial charge in [0.25, 0.3) is 0 Å². The quantitative estimate of drug-likeness (QED) is 0.666. The van der Waals surface area contributed by atoms with Crippen LogP contribution in [0.15, 0.2) is 0 Å². The first kappa shape index (κ1) is 12.0. The molecule has 0 saturated carbocycles. The normalized spacial score (nSPS) is 33.7. The molecular weight excluding hydrogens is 198 g/mol. The van der Waals surface area contributed by atoms with Crippen molar-refractivity contribution < 1.29 is 8.42 Å². The molecule has 4 heteroatoms. The lowest BCUT2D eigenvalue weighted by atomic mass is 9.87. The van der Waals surface area contributed by atoms with E-state index >= 15 is 0 Å². The molecule has 1 saturated heterocycles. The Bertz CT molecular complexity index is 290. The van der Waals surface area contributed by atoms with Crippen LogP contribution in [-0.2, 0) is 9.84 Å². The maximum atomic E-state index is 11.6. The molecule has 0 aromatic carbocycles. The molecule has 0 amide bonds. The monoisotopic (exact) mass is 219 g/mol. The summed E-state index contributed by atoms with van der Waals surface area (Å²) in [5.41, 5.74) is 0.00562. The molecule has 1 fully saturated rings. The van der Waals surface area contributed by atoms with Crippen molar-refractivity contribution >= 4 is 9.84 Å². The van der Waals surface area contributed by atoms with Crippen LogP contribution in [0.4, 0.5) is 0 Å². The van der Waals surface area contributed by atoms with E-state index in [4.69, 9.17) is 0 Å². The maximum absolute atomic E-state index is 11.6. The van der Waals surface area contributed by atoms with Gasteiger partial charge in [-0.25, -0.2) is 8.42 Å². The average Bonchev–Trinajstić information content (AvgIpc) is 2.09. The Kier molecular flexibility index (Phi) is 3.26. The summed E-state index contributed by atoms with van der Waals surface area (Å²) in [6, 6.07) is 0.376. The van der Waals surface area contributed by atoms with Crippen LogP contribution in [0.1, 0.15) is 34.1 Å². The Balaban J connectivity index is 2.85. The van der Waals surface area contributed by atoms with Gasteiger partial charge in [0.15, 0.2) is 9.84 Å². The molecule has 2 unspecified atom stereocenters. The summed E-state index contributed by atoms with van der Waals surface area (Å²) >= 11 is 0. The van der Waals surface area contributed by atoms with Crippen molar-refractivity contribution in [2.75, 3.05) is 11.5 Å². The Morgan fingerprint density at radius 2 is 1.86 bits per heavy atom. The average molecular weight is 219 g/mol. The number of sulfone groups is 1. The second kappa shape index (κ2) is 3.81. The minimum absolute atomic E-state index is 0.00562. The summed E-state index contributed by atoms with van der Waals surface area (Å²) in [6.45, 7) is 8.30. The maximum Gasteiger partial charge on any atom is 0.151 e. The minimum Gasteiger partial charge on any atom is -0.310 e. The molecule has 84 valence electrons. The van der Waals surface area contributed by atoms with E-state index in [2.05, 4.69) is 33.0 Å². The zero-order valence-electron chi connectivity index (χ0n) is 9.50. The van der Waals surface area contributed by atoms with Crippen molar-refractivity contribution in [1.82, 2.24) is 5.32 Å². The highest BCUT2D eigenvalue weighted by Crippen LogP contribution is 2.23. The van der Waals surface area contributed by atoms with E-state index in [1.165, 1.54) is 0 Å². The van der Waals surface area contributed by atoms with Crippen molar-refractivity contribution in [2.24, 2.45) is 5.41 Å². The van der Waals surface area contributed by atoms with Crippen LogP contribution in [0.25, 0.3) is 0 Å². The summed E-state index contributed by atoms with van der Waals surface area (Å²) in [7, 11) is -2.85. The fourth-order valence-electron chi connectivity index (χ4n) is 1.67. The Labute approximate surface area is 87.2 Å². The predicted molar refractivity (Wildman–Crippen MR) is 59.1 cm³/mol. The van der Waals surface area contributed by atoms with Gasteiger partial charge in [-0.15, -0.1) is 0 Å². The van der Waals surface area contributed by atoms with Gasteiger partial charge in [-0.3, -0.25) is 0 Å². The van der Waals surface area contributed by atoms with Crippen molar-refractivity contribution in [3.63, 3.8) is 0 Å². The first-order chi connectivity index (χ1) is 6.21. The van der Waals surface area contributed by atoms with E-state index in [1.54, 1.807) is 0 Å². The molecule has 1 N–H and O–H groups in total. The molecule has 0 aromatic rings. The van der Waals surface area contributed by atoms with Crippen LogP contribution in [0.2, 0.25) is 0 Å². The molecular formula is C10H21NO2S. The van der Waals surface area contributed by atoms with E-state index in [1.807, 2.05) is 0 Å². The van der Waals surface area contributed by atoms with Gasteiger partial charge >= 0.3 is 0 Å². The topological polar surface area (TPSA) is 46.2 Å². The third-order valence-corrected chi connectivity index (χ3v) is 4.51. The highest BCUT2D eigenvalue weighted by atomic mass is 32.2. The van der Waals surface area contributed by atoms with Crippen LogP contribution >= 0.6 is 0 Å². The molecule has 0 aliphatic carbocycles. The third kappa shape index (κ3) is 3.24. The van der Waals surface area contributed by atoms with Crippen molar-refractivity contribution in [3.05, 3.63) is 0 Å². The third-order valence-electron chi connectivity index (χ3n) is 2.81. The molecule has 1 rings (SSSR count). The first-order valence-electron chi connectivity index (χ1n) is 5.17. The lowest BCUT2D eigenvalue weighted by molar-refractivity contribution is 0.271. The molecule has 0 spiro atoms. The SMILES string of the molecule is CC1CCS(=O)(=O)CC(C(C)(C)C)N1. The van der Waals surface area contributed by atoms with Gasteiger partial charge in [0.2, 0.25) is 0 Å². The standard InChI is InChI=1S/C10H21NO2S/c1-8-5-6-14(12,13)7-9(11-8)10(2,3)4/h8-9,11H,5-7H2,1-4H3. The van der Waals surface area contributed by atoms with Gasteiger partial charge < -0.3 is 5.32 Å². The fraction of sp³-hybridized carbons (Fsp3) is 1.00. The zero-order chi connectivity index (χ0) is 11.0. The molecule has 2 atom stereocenters. The highest BCUT2D eigenvalue weighted by molar-refractivity contribution is 7.91. The largest absolute Gasteiger partial charge is 0.310 e. The van der Waals surface area contributed by atoms with Gasteiger partial charge in [0, 0.05) is 12.1 Å². The van der Waals surface area contributed by atoms with E-state index in [9.17, 15) is 8.42 Å². The van der Waals surface area contributed by atoms with E-state index in [0.717, 1.165) is 6.42 Å². The fourth-order valence-corrected chi connectivity index (χ4v) is 3.65. The van der Waals surface area contributed by atoms with Crippen LogP contribution in [0.3, 0.4) is 0 Å². The Hall–Kier alpha value is -0.0900. The van der Waals surface area contributed by atoms with Crippen molar-refractivity contribution in [3.8, 4) is 0 Å². The second-order valence-corrected chi connectivity index (χ2v) is 7.62. The van der Waals surface area contributed by atoms with Crippen LogP contribution in [-0.4, -0.2) is 32.0 Å². The van der Waals surface area contributed by atoms with Crippen molar-refractivity contribution in [1.29, 1.82) is 0 Å². The summed E-state index contributed by atoms with van der Waals surface area (Å²) in [4.78, 5) is 0. The smallest absolute Gasteiger partial charge is 0.151 e. The van der Waals surface area contributed by atoms with E-state index in [-0.39, 0.29) is 17.2 Å². The number of hydrogen-bond acceptors (Lipinski definition) is 3. The molecule has 3 nitrogen and oxygen atoms in total. The molecule has 1 aliphatic heterocycles. The number of nitrogens with one attached hydrogen (secondary N) is 1. The minimum atomic E-state index is -2.85. The number of rotatable bonds is 0. The van der Waals surface area contributed by atoms with Crippen LogP contribution in [0.5, 0.6) is 0 Å². The Morgan fingerprint density at radius 1 is 1.29 bits per heavy atom. The number of hydrogen-bond donors (Lipinski definition) is 1. The van der Waals surface area contributed by atoms with Crippen LogP contribution in [0, 0.1) is 5.41 Å². The van der Waals surface area contributed by atoms with Gasteiger partial charge in [0.05, 0.1) is 11.5 Å². The molecule has 1 heterocycles. The van der Waals surface area contributed by atoms with Gasteiger partial charge in [0.1, 0.15) is 0 Å². The molecule has 14 heavy (non-hydrogen) atoms. The van der Waals surface area contributed by atoms with Gasteiger partial charge in [-0.05, 0) is 18.8 Å². The second-order valence-electron chi connectivity index (χ2n) is 5.39. The molecule has 0 bridgehead atoms. The zero-order valence-corrected chi connectivity index (χ0v) is 10.3. The van der Waals surface area contributed by atoms with Crippen LogP contribution < -0.4 is 5.32 Å². The lowest BCUT2D eigenvalue weighted by Crippen LogP contribution is -2.46. The van der Waals surface area contributed by atoms with Crippen molar-refractivity contribution in [2.45, 2.75) is 46.2 Å². The first-order valence-corrected chi connectivity index (χ1v) is 6.99. The lowest BCUT2D eigenvalue weighted by Gasteiger charge is -2.31.